The average molecular weight is 328 g/mol. The summed E-state index contributed by atoms with van der Waals surface area (Å²) in [6.07, 6.45) is 9.44. The number of halogens is 2. The molecule has 1 aromatic carbocycles. The van der Waals surface area contributed by atoms with Crippen LogP contribution in [0.1, 0.15) is 31.2 Å². The summed E-state index contributed by atoms with van der Waals surface area (Å²) in [6.45, 7) is 2.31. The standard InChI is InChI=1S/C15H18BrClN/c16-14-7-5-13(6-8-14)15(17)9-12-18-10-3-1-2-4-11-18/h5-9,12H,1-4,10-11H2/q+1/b15-9-. The lowest BCUT2D eigenvalue weighted by atomic mass is 10.2. The number of rotatable bonds is 2. The molecule has 96 valence electrons. The Hall–Kier alpha value is -0.600. The minimum Gasteiger partial charge on any atom is -0.236 e. The molecule has 1 saturated heterocycles. The molecule has 0 saturated carbocycles. The van der Waals surface area contributed by atoms with Crippen LogP contribution in [0.4, 0.5) is 0 Å². The van der Waals surface area contributed by atoms with Crippen LogP contribution in [0, 0.1) is 0 Å². The summed E-state index contributed by atoms with van der Waals surface area (Å²) < 4.78 is 3.45. The molecule has 0 spiro atoms. The number of allylic oxidation sites excluding steroid dienone is 1. The predicted molar refractivity (Wildman–Crippen MR) is 82.5 cm³/mol. The van der Waals surface area contributed by atoms with Crippen LogP contribution in [0.2, 0.25) is 0 Å². The molecule has 1 fully saturated rings. The Morgan fingerprint density at radius 1 is 1.06 bits per heavy atom. The molecule has 1 aromatic rings. The second-order valence-electron chi connectivity index (χ2n) is 4.62. The largest absolute Gasteiger partial charge is 0.236 e. The summed E-state index contributed by atoms with van der Waals surface area (Å²) in [5.74, 6) is 0. The van der Waals surface area contributed by atoms with Gasteiger partial charge >= 0.3 is 0 Å². The maximum atomic E-state index is 6.31. The lowest BCUT2D eigenvalue weighted by Crippen LogP contribution is -2.13. The normalized spacial score (nSPS) is 17.4. The van der Waals surface area contributed by atoms with E-state index in [1.165, 1.54) is 25.7 Å². The van der Waals surface area contributed by atoms with E-state index in [0.29, 0.717) is 0 Å². The zero-order valence-electron chi connectivity index (χ0n) is 10.4. The Morgan fingerprint density at radius 3 is 2.28 bits per heavy atom. The van der Waals surface area contributed by atoms with Crippen molar-refractivity contribution >= 4 is 38.8 Å². The molecule has 0 aliphatic carbocycles. The highest BCUT2D eigenvalue weighted by atomic mass is 79.9. The van der Waals surface area contributed by atoms with Gasteiger partial charge in [-0.3, -0.25) is 0 Å². The second kappa shape index (κ2) is 7.10. The Balaban J connectivity index is 2.07. The van der Waals surface area contributed by atoms with E-state index in [9.17, 15) is 0 Å². The first-order chi connectivity index (χ1) is 8.75. The third kappa shape index (κ3) is 4.25. The summed E-state index contributed by atoms with van der Waals surface area (Å²) >= 11 is 9.73. The maximum absolute atomic E-state index is 6.31. The van der Waals surface area contributed by atoms with E-state index in [2.05, 4.69) is 26.7 Å². The van der Waals surface area contributed by atoms with Crippen molar-refractivity contribution in [2.24, 2.45) is 0 Å². The molecular formula is C15H18BrClN+. The van der Waals surface area contributed by atoms with E-state index in [1.807, 2.05) is 30.3 Å². The molecule has 1 aliphatic rings. The van der Waals surface area contributed by atoms with Gasteiger partial charge in [-0.15, -0.1) is 0 Å². The average Bonchev–Trinajstić information content (AvgIpc) is 2.65. The first-order valence-corrected chi connectivity index (χ1v) is 7.63. The fraction of sp³-hybridized carbons (Fsp3) is 0.400. The Morgan fingerprint density at radius 2 is 1.67 bits per heavy atom. The van der Waals surface area contributed by atoms with Gasteiger partial charge in [0.05, 0.1) is 5.03 Å². The van der Waals surface area contributed by atoms with Crippen LogP contribution in [0.15, 0.2) is 34.8 Å². The van der Waals surface area contributed by atoms with Crippen molar-refractivity contribution in [3.63, 3.8) is 0 Å². The highest BCUT2D eigenvalue weighted by Crippen LogP contribution is 2.20. The number of benzene rings is 1. The summed E-state index contributed by atoms with van der Waals surface area (Å²) in [5, 5.41) is 0.798. The van der Waals surface area contributed by atoms with E-state index in [0.717, 1.165) is 28.2 Å². The van der Waals surface area contributed by atoms with Gasteiger partial charge in [-0.05, 0) is 30.5 Å². The molecule has 3 heteroatoms. The molecule has 0 atom stereocenters. The van der Waals surface area contributed by atoms with Crippen LogP contribution >= 0.6 is 27.5 Å². The SMILES string of the molecule is Cl/C(=C\C=[N+]1CCCCCC1)c1ccc(Br)cc1. The molecule has 0 aromatic heterocycles. The van der Waals surface area contributed by atoms with Crippen molar-refractivity contribution in [3.05, 3.63) is 40.4 Å². The maximum Gasteiger partial charge on any atom is 0.164 e. The Bertz CT molecular complexity index is 438. The van der Waals surface area contributed by atoms with Crippen molar-refractivity contribution in [2.75, 3.05) is 13.1 Å². The lowest BCUT2D eigenvalue weighted by Gasteiger charge is -1.99. The monoisotopic (exact) mass is 326 g/mol. The highest BCUT2D eigenvalue weighted by molar-refractivity contribution is 9.10. The third-order valence-electron chi connectivity index (χ3n) is 3.19. The molecule has 0 unspecified atom stereocenters. The first kappa shape index (κ1) is 13.8. The molecule has 18 heavy (non-hydrogen) atoms. The number of hydrogen-bond acceptors (Lipinski definition) is 0. The number of nitrogens with zero attached hydrogens (tertiary/aromatic N) is 1. The van der Waals surface area contributed by atoms with E-state index < -0.39 is 0 Å². The molecule has 0 radical (unpaired) electrons. The fourth-order valence-electron chi connectivity index (χ4n) is 2.12. The van der Waals surface area contributed by atoms with Crippen molar-refractivity contribution in [2.45, 2.75) is 25.7 Å². The van der Waals surface area contributed by atoms with E-state index in [1.54, 1.807) is 0 Å². The van der Waals surface area contributed by atoms with Crippen LogP contribution in [0.5, 0.6) is 0 Å². The summed E-state index contributed by atoms with van der Waals surface area (Å²) in [4.78, 5) is 0. The van der Waals surface area contributed by atoms with E-state index >= 15 is 0 Å². The third-order valence-corrected chi connectivity index (χ3v) is 4.07. The van der Waals surface area contributed by atoms with Gasteiger partial charge in [-0.25, -0.2) is 4.58 Å². The Labute approximate surface area is 122 Å². The summed E-state index contributed by atoms with van der Waals surface area (Å²) in [5.41, 5.74) is 1.06. The first-order valence-electron chi connectivity index (χ1n) is 6.46. The van der Waals surface area contributed by atoms with Crippen molar-refractivity contribution in [3.8, 4) is 0 Å². The molecule has 1 aliphatic heterocycles. The van der Waals surface area contributed by atoms with Crippen LogP contribution in [-0.2, 0) is 0 Å². The fourth-order valence-corrected chi connectivity index (χ4v) is 2.57. The Kier molecular flexibility index (Phi) is 5.45. The van der Waals surface area contributed by atoms with E-state index in [-0.39, 0.29) is 0 Å². The van der Waals surface area contributed by atoms with Crippen LogP contribution in [-0.4, -0.2) is 23.9 Å². The minimum absolute atomic E-state index is 0.798. The van der Waals surface area contributed by atoms with Crippen LogP contribution in [0.3, 0.4) is 0 Å². The zero-order chi connectivity index (χ0) is 12.8. The van der Waals surface area contributed by atoms with E-state index in [4.69, 9.17) is 11.6 Å². The summed E-state index contributed by atoms with van der Waals surface area (Å²) in [7, 11) is 0. The lowest BCUT2D eigenvalue weighted by molar-refractivity contribution is -0.520. The molecule has 2 rings (SSSR count). The second-order valence-corrected chi connectivity index (χ2v) is 5.94. The highest BCUT2D eigenvalue weighted by Gasteiger charge is 2.08. The predicted octanol–water partition coefficient (Wildman–Crippen LogP) is 4.69. The van der Waals surface area contributed by atoms with Gasteiger partial charge < -0.3 is 0 Å². The zero-order valence-corrected chi connectivity index (χ0v) is 12.8. The number of hydrogen-bond donors (Lipinski definition) is 0. The van der Waals surface area contributed by atoms with Crippen molar-refractivity contribution in [1.29, 1.82) is 0 Å². The van der Waals surface area contributed by atoms with Crippen LogP contribution in [0.25, 0.3) is 5.03 Å². The van der Waals surface area contributed by atoms with Gasteiger partial charge in [0.15, 0.2) is 6.21 Å². The molecule has 0 amide bonds. The summed E-state index contributed by atoms with van der Waals surface area (Å²) in [6, 6.07) is 8.08. The van der Waals surface area contributed by atoms with Crippen LogP contribution < -0.4 is 0 Å². The minimum atomic E-state index is 0.798. The smallest absolute Gasteiger partial charge is 0.164 e. The van der Waals surface area contributed by atoms with Gasteiger partial charge in [-0.1, -0.05) is 39.7 Å². The van der Waals surface area contributed by atoms with Crippen molar-refractivity contribution in [1.82, 2.24) is 0 Å². The van der Waals surface area contributed by atoms with Gasteiger partial charge in [0, 0.05) is 23.4 Å². The van der Waals surface area contributed by atoms with Gasteiger partial charge in [-0.2, -0.15) is 0 Å². The molecule has 0 bridgehead atoms. The van der Waals surface area contributed by atoms with Gasteiger partial charge in [0.2, 0.25) is 0 Å². The van der Waals surface area contributed by atoms with Crippen molar-refractivity contribution < 1.29 is 4.58 Å². The van der Waals surface area contributed by atoms with Gasteiger partial charge in [0.1, 0.15) is 13.1 Å². The quantitative estimate of drug-likeness (QED) is 0.693. The topological polar surface area (TPSA) is 3.01 Å². The molecule has 1 heterocycles. The molecule has 1 nitrogen and oxygen atoms in total. The molecule has 0 N–H and O–H groups in total. The molecular weight excluding hydrogens is 310 g/mol. The van der Waals surface area contributed by atoms with Gasteiger partial charge in [0.25, 0.3) is 0 Å².